The highest BCUT2D eigenvalue weighted by atomic mass is 127. The molecule has 0 atom stereocenters. The first-order valence-electron chi connectivity index (χ1n) is 10.6. The number of furan rings is 1. The van der Waals surface area contributed by atoms with Crippen molar-refractivity contribution in [2.75, 3.05) is 13.7 Å². The van der Waals surface area contributed by atoms with Crippen molar-refractivity contribution in [3.05, 3.63) is 86.2 Å². The highest BCUT2D eigenvalue weighted by Crippen LogP contribution is 2.33. The number of rotatable bonds is 6. The zero-order chi connectivity index (χ0) is 24.4. The molecule has 172 valence electrons. The van der Waals surface area contributed by atoms with Crippen LogP contribution in [0, 0.1) is 15.9 Å². The summed E-state index contributed by atoms with van der Waals surface area (Å²) in [7, 11) is 1.55. The van der Waals surface area contributed by atoms with E-state index in [4.69, 9.17) is 25.3 Å². The molecule has 0 saturated carbocycles. The Labute approximate surface area is 214 Å². The van der Waals surface area contributed by atoms with Gasteiger partial charge in [0, 0.05) is 5.39 Å². The maximum absolute atomic E-state index is 13.4. The van der Waals surface area contributed by atoms with E-state index in [1.807, 2.05) is 42.5 Å². The van der Waals surface area contributed by atoms with Gasteiger partial charge in [-0.1, -0.05) is 36.3 Å². The maximum atomic E-state index is 13.4. The first kappa shape index (κ1) is 22.7. The molecular weight excluding hydrogens is 557 g/mol. The smallest absolute Gasteiger partial charge is 0.282 e. The quantitative estimate of drug-likeness (QED) is 0.156. The van der Waals surface area contributed by atoms with Gasteiger partial charge in [0.1, 0.15) is 12.2 Å². The van der Waals surface area contributed by atoms with Gasteiger partial charge >= 0.3 is 0 Å². The maximum Gasteiger partial charge on any atom is 0.282 e. The number of ether oxygens (including phenoxy) is 2. The molecule has 8 heteroatoms. The summed E-state index contributed by atoms with van der Waals surface area (Å²) < 4.78 is 19.1. The summed E-state index contributed by atoms with van der Waals surface area (Å²) in [5, 5.41) is 5.86. The molecule has 0 unspecified atom stereocenters. The van der Waals surface area contributed by atoms with Gasteiger partial charge in [0.15, 0.2) is 17.3 Å². The molecule has 0 radical (unpaired) electrons. The zero-order valence-corrected chi connectivity index (χ0v) is 20.7. The van der Waals surface area contributed by atoms with Crippen LogP contribution < -0.4 is 15.0 Å². The van der Waals surface area contributed by atoms with Crippen molar-refractivity contribution >= 4 is 50.7 Å². The number of aromatic nitrogens is 2. The lowest BCUT2D eigenvalue weighted by atomic mass is 10.2. The van der Waals surface area contributed by atoms with E-state index < -0.39 is 0 Å². The molecule has 0 amide bonds. The monoisotopic (exact) mass is 575 g/mol. The number of fused-ring (bicyclic) bond motifs is 2. The summed E-state index contributed by atoms with van der Waals surface area (Å²) in [6, 6.07) is 20.2. The van der Waals surface area contributed by atoms with Crippen molar-refractivity contribution < 1.29 is 13.9 Å². The molecule has 2 aromatic heterocycles. The topological polar surface area (TPSA) is 78.9 Å². The standard InChI is InChI=1S/C27H18IN3O4/c1-3-12-34-25-20(28)13-17(14-23(25)33-2)16-29-31-26(24-15-18-8-4-7-11-22(18)35-24)30-21-10-6-5-9-19(21)27(31)32/h1,4-11,13-16H,12H2,2H3. The Hall–Kier alpha value is -4.10. The molecule has 0 aliphatic carbocycles. The van der Waals surface area contributed by atoms with E-state index in [9.17, 15) is 4.79 Å². The Morgan fingerprint density at radius 1 is 1.17 bits per heavy atom. The molecule has 2 heterocycles. The summed E-state index contributed by atoms with van der Waals surface area (Å²) in [4.78, 5) is 18.1. The lowest BCUT2D eigenvalue weighted by molar-refractivity contribution is 0.328. The zero-order valence-electron chi connectivity index (χ0n) is 18.6. The van der Waals surface area contributed by atoms with E-state index in [0.717, 1.165) is 8.96 Å². The van der Waals surface area contributed by atoms with Crippen LogP contribution in [0.15, 0.2) is 81.0 Å². The van der Waals surface area contributed by atoms with Gasteiger partial charge in [-0.3, -0.25) is 4.79 Å². The van der Waals surface area contributed by atoms with Crippen molar-refractivity contribution in [2.45, 2.75) is 0 Å². The van der Waals surface area contributed by atoms with Gasteiger partial charge in [-0.25, -0.2) is 4.98 Å². The summed E-state index contributed by atoms with van der Waals surface area (Å²) in [5.74, 6) is 4.25. The van der Waals surface area contributed by atoms with Gasteiger partial charge in [-0.15, -0.1) is 6.42 Å². The lowest BCUT2D eigenvalue weighted by Crippen LogP contribution is -2.20. The summed E-state index contributed by atoms with van der Waals surface area (Å²) in [6.45, 7) is 0.124. The second kappa shape index (κ2) is 9.64. The fraction of sp³-hybridized carbons (Fsp3) is 0.0741. The molecule has 3 aromatic carbocycles. The average Bonchev–Trinajstić information content (AvgIpc) is 3.31. The largest absolute Gasteiger partial charge is 0.493 e. The van der Waals surface area contributed by atoms with Crippen LogP contribution in [0.5, 0.6) is 11.5 Å². The molecule has 5 rings (SSSR count). The molecular formula is C27H18IN3O4. The van der Waals surface area contributed by atoms with E-state index in [2.05, 4.69) is 33.6 Å². The Morgan fingerprint density at radius 2 is 1.97 bits per heavy atom. The average molecular weight is 575 g/mol. The van der Waals surface area contributed by atoms with Gasteiger partial charge in [0.25, 0.3) is 5.56 Å². The molecule has 0 fully saturated rings. The minimum Gasteiger partial charge on any atom is -0.493 e. The van der Waals surface area contributed by atoms with Crippen LogP contribution in [0.4, 0.5) is 0 Å². The molecule has 0 spiro atoms. The van der Waals surface area contributed by atoms with Crippen LogP contribution in [0.1, 0.15) is 5.56 Å². The minimum absolute atomic E-state index is 0.124. The van der Waals surface area contributed by atoms with Crippen molar-refractivity contribution in [3.63, 3.8) is 0 Å². The molecule has 0 aliphatic heterocycles. The van der Waals surface area contributed by atoms with Crippen molar-refractivity contribution in [2.24, 2.45) is 5.10 Å². The van der Waals surface area contributed by atoms with Crippen LogP contribution in [0.2, 0.25) is 0 Å². The third-order valence-electron chi connectivity index (χ3n) is 5.27. The van der Waals surface area contributed by atoms with Crippen LogP contribution in [-0.4, -0.2) is 29.6 Å². The fourth-order valence-corrected chi connectivity index (χ4v) is 4.46. The molecule has 0 aliphatic rings. The number of nitrogens with zero attached hydrogens (tertiary/aromatic N) is 3. The van der Waals surface area contributed by atoms with Gasteiger partial charge in [0.2, 0.25) is 5.82 Å². The minimum atomic E-state index is -0.307. The third-order valence-corrected chi connectivity index (χ3v) is 6.07. The fourth-order valence-electron chi connectivity index (χ4n) is 3.68. The van der Waals surface area contributed by atoms with Gasteiger partial charge < -0.3 is 13.9 Å². The lowest BCUT2D eigenvalue weighted by Gasteiger charge is -2.12. The van der Waals surface area contributed by atoms with Crippen LogP contribution in [-0.2, 0) is 0 Å². The van der Waals surface area contributed by atoms with Crippen LogP contribution >= 0.6 is 22.6 Å². The summed E-state index contributed by atoms with van der Waals surface area (Å²) >= 11 is 2.14. The second-order valence-corrected chi connectivity index (χ2v) is 8.65. The van der Waals surface area contributed by atoms with Crippen LogP contribution in [0.3, 0.4) is 0 Å². The molecule has 35 heavy (non-hydrogen) atoms. The number of halogens is 1. The number of hydrogen-bond acceptors (Lipinski definition) is 6. The normalized spacial score (nSPS) is 11.2. The number of hydrogen-bond donors (Lipinski definition) is 0. The predicted molar refractivity (Wildman–Crippen MR) is 144 cm³/mol. The number of terminal acetylenes is 1. The summed E-state index contributed by atoms with van der Waals surface area (Å²) in [6.07, 6.45) is 6.88. The van der Waals surface area contributed by atoms with Crippen LogP contribution in [0.25, 0.3) is 33.5 Å². The van der Waals surface area contributed by atoms with E-state index in [1.54, 1.807) is 37.6 Å². The third kappa shape index (κ3) is 4.38. The first-order chi connectivity index (χ1) is 17.1. The second-order valence-electron chi connectivity index (χ2n) is 7.49. The van der Waals surface area contributed by atoms with Gasteiger partial charge in [0.05, 0.1) is 27.8 Å². The van der Waals surface area contributed by atoms with E-state index in [0.29, 0.717) is 45.1 Å². The van der Waals surface area contributed by atoms with E-state index in [-0.39, 0.29) is 12.2 Å². The Morgan fingerprint density at radius 3 is 2.77 bits per heavy atom. The van der Waals surface area contributed by atoms with E-state index in [1.165, 1.54) is 4.68 Å². The highest BCUT2D eigenvalue weighted by Gasteiger charge is 2.17. The number of para-hydroxylation sites is 2. The molecule has 0 N–H and O–H groups in total. The first-order valence-corrected chi connectivity index (χ1v) is 11.7. The van der Waals surface area contributed by atoms with Gasteiger partial charge in [-0.2, -0.15) is 9.78 Å². The SMILES string of the molecule is C#CCOc1c(I)cc(C=Nn2c(-c3cc4ccccc4o3)nc3ccccc3c2=O)cc1OC. The molecule has 5 aromatic rings. The summed E-state index contributed by atoms with van der Waals surface area (Å²) in [5.41, 5.74) is 1.65. The molecule has 7 nitrogen and oxygen atoms in total. The van der Waals surface area contributed by atoms with E-state index >= 15 is 0 Å². The van der Waals surface area contributed by atoms with Gasteiger partial charge in [-0.05, 0) is 64.6 Å². The number of methoxy groups -OCH3 is 1. The van der Waals surface area contributed by atoms with Crippen molar-refractivity contribution in [1.29, 1.82) is 0 Å². The Bertz CT molecular complexity index is 1660. The Kier molecular flexibility index (Phi) is 6.25. The number of benzene rings is 3. The van der Waals surface area contributed by atoms with Crippen molar-refractivity contribution in [3.8, 4) is 35.4 Å². The predicted octanol–water partition coefficient (Wildman–Crippen LogP) is 5.32. The highest BCUT2D eigenvalue weighted by molar-refractivity contribution is 14.1. The van der Waals surface area contributed by atoms with Crippen molar-refractivity contribution in [1.82, 2.24) is 9.66 Å². The molecule has 0 bridgehead atoms. The Balaban J connectivity index is 1.65. The molecule has 0 saturated heterocycles.